The van der Waals surface area contributed by atoms with Gasteiger partial charge < -0.3 is 15.4 Å². The molecule has 0 saturated carbocycles. The second kappa shape index (κ2) is 8.49. The van der Waals surface area contributed by atoms with Gasteiger partial charge in [0.2, 0.25) is 11.8 Å². The molecule has 0 aliphatic heterocycles. The van der Waals surface area contributed by atoms with Crippen molar-refractivity contribution in [3.63, 3.8) is 0 Å². The van der Waals surface area contributed by atoms with Gasteiger partial charge in [-0.2, -0.15) is 0 Å². The molecule has 0 radical (unpaired) electrons. The molecule has 0 spiro atoms. The minimum Gasteiger partial charge on any atom is -0.466 e. The molecule has 0 bridgehead atoms. The minimum atomic E-state index is -0.609. The number of hydrogen-bond acceptors (Lipinski definition) is 4. The molecule has 104 valence electrons. The zero-order valence-corrected chi connectivity index (χ0v) is 11.4. The summed E-state index contributed by atoms with van der Waals surface area (Å²) in [4.78, 5) is 34.0. The van der Waals surface area contributed by atoms with E-state index in [1.165, 1.54) is 0 Å². The number of carbonyl (C=O) groups excluding carboxylic acids is 3. The summed E-state index contributed by atoms with van der Waals surface area (Å²) < 4.78 is 4.70. The maximum atomic E-state index is 11.5. The van der Waals surface area contributed by atoms with Crippen LogP contribution in [0.25, 0.3) is 0 Å². The Labute approximate surface area is 107 Å². The summed E-state index contributed by atoms with van der Waals surface area (Å²) in [7, 11) is 0. The van der Waals surface area contributed by atoms with E-state index in [2.05, 4.69) is 10.6 Å². The zero-order chi connectivity index (χ0) is 14.1. The SMILES string of the molecule is CCOC(=O)CCC(=O)NC(C)C(=O)NC(C)C. The molecule has 0 rings (SSSR count). The van der Waals surface area contributed by atoms with E-state index in [0.717, 1.165) is 0 Å². The van der Waals surface area contributed by atoms with Crippen LogP contribution in [0.4, 0.5) is 0 Å². The molecule has 6 nitrogen and oxygen atoms in total. The van der Waals surface area contributed by atoms with Gasteiger partial charge in [0.05, 0.1) is 13.0 Å². The standard InChI is InChI=1S/C12H22N2O4/c1-5-18-11(16)7-6-10(15)14-9(4)12(17)13-8(2)3/h8-9H,5-7H2,1-4H3,(H,13,17)(H,14,15). The Hall–Kier alpha value is -1.59. The molecule has 2 N–H and O–H groups in total. The Balaban J connectivity index is 3.93. The van der Waals surface area contributed by atoms with Gasteiger partial charge in [0, 0.05) is 12.5 Å². The molecule has 0 heterocycles. The monoisotopic (exact) mass is 258 g/mol. The number of carbonyl (C=O) groups is 3. The van der Waals surface area contributed by atoms with Crippen LogP contribution in [-0.2, 0) is 19.1 Å². The molecule has 18 heavy (non-hydrogen) atoms. The summed E-state index contributed by atoms with van der Waals surface area (Å²) >= 11 is 0. The summed E-state index contributed by atoms with van der Waals surface area (Å²) in [5.41, 5.74) is 0. The van der Waals surface area contributed by atoms with Gasteiger partial charge in [0.1, 0.15) is 6.04 Å². The summed E-state index contributed by atoms with van der Waals surface area (Å²) in [6, 6.07) is -0.585. The molecule has 0 saturated heterocycles. The lowest BCUT2D eigenvalue weighted by molar-refractivity contribution is -0.144. The van der Waals surface area contributed by atoms with Crippen LogP contribution >= 0.6 is 0 Å². The highest BCUT2D eigenvalue weighted by molar-refractivity contribution is 5.88. The number of hydrogen-bond donors (Lipinski definition) is 2. The van der Waals surface area contributed by atoms with Crippen LogP contribution in [0.1, 0.15) is 40.5 Å². The fourth-order valence-corrected chi connectivity index (χ4v) is 1.24. The van der Waals surface area contributed by atoms with Crippen LogP contribution < -0.4 is 10.6 Å². The number of esters is 1. The maximum Gasteiger partial charge on any atom is 0.306 e. The Bertz CT molecular complexity index is 302. The largest absolute Gasteiger partial charge is 0.466 e. The van der Waals surface area contributed by atoms with Crippen LogP contribution in [0.5, 0.6) is 0 Å². The summed E-state index contributed by atoms with van der Waals surface area (Å²) in [5, 5.41) is 5.21. The topological polar surface area (TPSA) is 84.5 Å². The summed E-state index contributed by atoms with van der Waals surface area (Å²) in [5.74, 6) is -0.990. The lowest BCUT2D eigenvalue weighted by Gasteiger charge is -2.15. The molecule has 0 aliphatic carbocycles. The highest BCUT2D eigenvalue weighted by atomic mass is 16.5. The summed E-state index contributed by atoms with van der Waals surface area (Å²) in [6.45, 7) is 7.28. The average molecular weight is 258 g/mol. The first kappa shape index (κ1) is 16.4. The molecule has 1 unspecified atom stereocenters. The number of amides is 2. The van der Waals surface area contributed by atoms with E-state index in [9.17, 15) is 14.4 Å². The highest BCUT2D eigenvalue weighted by Gasteiger charge is 2.16. The van der Waals surface area contributed by atoms with Crippen LogP contribution in [0.3, 0.4) is 0 Å². The number of ether oxygens (including phenoxy) is 1. The molecule has 0 aromatic rings. The van der Waals surface area contributed by atoms with E-state index in [1.807, 2.05) is 13.8 Å². The van der Waals surface area contributed by atoms with Gasteiger partial charge in [0.25, 0.3) is 0 Å². The molecular formula is C12H22N2O4. The third-order valence-corrected chi connectivity index (χ3v) is 2.06. The Kier molecular flexibility index (Phi) is 7.74. The quantitative estimate of drug-likeness (QED) is 0.646. The second-order valence-corrected chi connectivity index (χ2v) is 4.26. The van der Waals surface area contributed by atoms with Crippen molar-refractivity contribution in [1.82, 2.24) is 10.6 Å². The highest BCUT2D eigenvalue weighted by Crippen LogP contribution is 1.94. The van der Waals surface area contributed by atoms with Gasteiger partial charge in [-0.1, -0.05) is 0 Å². The van der Waals surface area contributed by atoms with Gasteiger partial charge in [-0.25, -0.2) is 0 Å². The van der Waals surface area contributed by atoms with Gasteiger partial charge >= 0.3 is 5.97 Å². The van der Waals surface area contributed by atoms with E-state index in [1.54, 1.807) is 13.8 Å². The van der Waals surface area contributed by atoms with Crippen LogP contribution in [0, 0.1) is 0 Å². The van der Waals surface area contributed by atoms with Gasteiger partial charge in [-0.15, -0.1) is 0 Å². The van der Waals surface area contributed by atoms with Crippen molar-refractivity contribution in [2.75, 3.05) is 6.61 Å². The van der Waals surface area contributed by atoms with Crippen molar-refractivity contribution in [3.8, 4) is 0 Å². The van der Waals surface area contributed by atoms with E-state index < -0.39 is 12.0 Å². The predicted molar refractivity (Wildman–Crippen MR) is 66.8 cm³/mol. The Morgan fingerprint density at radius 1 is 1.06 bits per heavy atom. The predicted octanol–water partition coefficient (Wildman–Crippen LogP) is 0.359. The van der Waals surface area contributed by atoms with E-state index in [0.29, 0.717) is 6.61 Å². The minimum absolute atomic E-state index is 0.0244. The smallest absolute Gasteiger partial charge is 0.306 e. The first-order valence-electron chi connectivity index (χ1n) is 6.12. The van der Waals surface area contributed by atoms with E-state index in [4.69, 9.17) is 4.74 Å². The first-order chi connectivity index (χ1) is 8.36. The van der Waals surface area contributed by atoms with Crippen LogP contribution in [0.15, 0.2) is 0 Å². The lowest BCUT2D eigenvalue weighted by Crippen LogP contribution is -2.46. The van der Waals surface area contributed by atoms with E-state index >= 15 is 0 Å². The van der Waals surface area contributed by atoms with Crippen molar-refractivity contribution in [1.29, 1.82) is 0 Å². The Morgan fingerprint density at radius 3 is 2.17 bits per heavy atom. The third kappa shape index (κ3) is 7.65. The second-order valence-electron chi connectivity index (χ2n) is 4.26. The zero-order valence-electron chi connectivity index (χ0n) is 11.4. The van der Waals surface area contributed by atoms with Gasteiger partial charge in [-0.3, -0.25) is 14.4 Å². The van der Waals surface area contributed by atoms with Gasteiger partial charge in [-0.05, 0) is 27.7 Å². The molecule has 0 aromatic carbocycles. The van der Waals surface area contributed by atoms with Gasteiger partial charge in [0.15, 0.2) is 0 Å². The van der Waals surface area contributed by atoms with Crippen LogP contribution in [-0.4, -0.2) is 36.5 Å². The fraction of sp³-hybridized carbons (Fsp3) is 0.750. The maximum absolute atomic E-state index is 11.5. The number of rotatable bonds is 7. The van der Waals surface area contributed by atoms with E-state index in [-0.39, 0.29) is 30.7 Å². The lowest BCUT2D eigenvalue weighted by atomic mass is 10.2. The fourth-order valence-electron chi connectivity index (χ4n) is 1.24. The van der Waals surface area contributed by atoms with Crippen molar-refractivity contribution >= 4 is 17.8 Å². The van der Waals surface area contributed by atoms with Crippen molar-refractivity contribution in [2.45, 2.75) is 52.6 Å². The third-order valence-electron chi connectivity index (χ3n) is 2.06. The molecule has 0 aliphatic rings. The summed E-state index contributed by atoms with van der Waals surface area (Å²) in [6.07, 6.45) is 0.0519. The average Bonchev–Trinajstić information content (AvgIpc) is 2.25. The Morgan fingerprint density at radius 2 is 1.67 bits per heavy atom. The molecule has 0 aromatic heterocycles. The molecule has 0 fully saturated rings. The molecule has 1 atom stereocenters. The van der Waals surface area contributed by atoms with Crippen molar-refractivity contribution < 1.29 is 19.1 Å². The molecular weight excluding hydrogens is 236 g/mol. The molecule has 6 heteroatoms. The normalized spacial score (nSPS) is 11.8. The van der Waals surface area contributed by atoms with Crippen LogP contribution in [0.2, 0.25) is 0 Å². The van der Waals surface area contributed by atoms with Crippen molar-refractivity contribution in [3.05, 3.63) is 0 Å². The number of nitrogens with one attached hydrogen (secondary N) is 2. The molecule has 2 amide bonds. The first-order valence-corrected chi connectivity index (χ1v) is 6.12. The van der Waals surface area contributed by atoms with Crippen molar-refractivity contribution in [2.24, 2.45) is 0 Å².